The Morgan fingerprint density at radius 3 is 2.24 bits per heavy atom. The van der Waals surface area contributed by atoms with Gasteiger partial charge in [-0.1, -0.05) is 32.9 Å². The maximum absolute atomic E-state index is 12.7. The lowest BCUT2D eigenvalue weighted by Gasteiger charge is -2.34. The van der Waals surface area contributed by atoms with Gasteiger partial charge in [-0.2, -0.15) is 0 Å². The number of nitrogens with one attached hydrogen (secondary N) is 1. The molecule has 21 heavy (non-hydrogen) atoms. The Bertz CT molecular complexity index is 467. The largest absolute Gasteiger partial charge is 0.336 e. The standard InChI is InChI=1S/C18H28N2O/c1-5-20(16-10-12-19-13-11-16)17(21)14-6-8-15(9-7-14)18(2,3)4/h6-9,16,19H,5,10-13H2,1-4H3. The highest BCUT2D eigenvalue weighted by Crippen LogP contribution is 2.23. The van der Waals surface area contributed by atoms with E-state index in [1.165, 1.54) is 5.56 Å². The zero-order valence-electron chi connectivity index (χ0n) is 13.8. The number of hydrogen-bond donors (Lipinski definition) is 1. The number of benzene rings is 1. The number of hydrogen-bond acceptors (Lipinski definition) is 2. The minimum atomic E-state index is 0.126. The molecule has 1 aromatic rings. The predicted molar refractivity (Wildman–Crippen MR) is 87.7 cm³/mol. The monoisotopic (exact) mass is 288 g/mol. The average Bonchev–Trinajstić information content (AvgIpc) is 2.48. The Balaban J connectivity index is 2.13. The average molecular weight is 288 g/mol. The van der Waals surface area contributed by atoms with Gasteiger partial charge in [0.2, 0.25) is 0 Å². The van der Waals surface area contributed by atoms with Gasteiger partial charge in [-0.15, -0.1) is 0 Å². The molecular formula is C18H28N2O. The van der Waals surface area contributed by atoms with Crippen LogP contribution in [0.5, 0.6) is 0 Å². The molecule has 0 aromatic heterocycles. The molecule has 116 valence electrons. The molecule has 1 N–H and O–H groups in total. The summed E-state index contributed by atoms with van der Waals surface area (Å²) in [6.07, 6.45) is 2.11. The Hall–Kier alpha value is -1.35. The third-order valence-electron chi connectivity index (χ3n) is 4.35. The van der Waals surface area contributed by atoms with E-state index in [9.17, 15) is 4.79 Å². The van der Waals surface area contributed by atoms with Gasteiger partial charge >= 0.3 is 0 Å². The van der Waals surface area contributed by atoms with Crippen LogP contribution >= 0.6 is 0 Å². The quantitative estimate of drug-likeness (QED) is 0.926. The summed E-state index contributed by atoms with van der Waals surface area (Å²) >= 11 is 0. The predicted octanol–water partition coefficient (Wildman–Crippen LogP) is 3.20. The van der Waals surface area contributed by atoms with E-state index in [4.69, 9.17) is 0 Å². The van der Waals surface area contributed by atoms with E-state index >= 15 is 0 Å². The molecule has 0 aliphatic carbocycles. The summed E-state index contributed by atoms with van der Waals surface area (Å²) < 4.78 is 0. The van der Waals surface area contributed by atoms with Crippen LogP contribution in [0.3, 0.4) is 0 Å². The summed E-state index contributed by atoms with van der Waals surface area (Å²) in [5.74, 6) is 0.171. The first-order valence-corrected chi connectivity index (χ1v) is 8.05. The van der Waals surface area contributed by atoms with Crippen LogP contribution in [-0.4, -0.2) is 36.5 Å². The molecule has 0 atom stereocenters. The van der Waals surface area contributed by atoms with Crippen molar-refractivity contribution in [1.29, 1.82) is 0 Å². The number of rotatable bonds is 3. The molecule has 1 fully saturated rings. The van der Waals surface area contributed by atoms with Crippen molar-refractivity contribution in [2.75, 3.05) is 19.6 Å². The molecule has 1 amide bonds. The maximum Gasteiger partial charge on any atom is 0.254 e. The topological polar surface area (TPSA) is 32.3 Å². The first kappa shape index (κ1) is 16.0. The number of nitrogens with zero attached hydrogens (tertiary/aromatic N) is 1. The highest BCUT2D eigenvalue weighted by molar-refractivity contribution is 5.94. The molecule has 0 bridgehead atoms. The Labute approximate surface area is 128 Å². The molecule has 0 saturated carbocycles. The summed E-state index contributed by atoms with van der Waals surface area (Å²) in [5, 5.41) is 3.36. The first-order valence-electron chi connectivity index (χ1n) is 8.05. The minimum absolute atomic E-state index is 0.126. The van der Waals surface area contributed by atoms with Crippen molar-refractivity contribution in [2.45, 2.75) is 52.0 Å². The lowest BCUT2D eigenvalue weighted by molar-refractivity contribution is 0.0656. The van der Waals surface area contributed by atoms with Crippen molar-refractivity contribution in [3.63, 3.8) is 0 Å². The van der Waals surface area contributed by atoms with Gasteiger partial charge in [0.15, 0.2) is 0 Å². The Kier molecular flexibility index (Phi) is 5.04. The SMILES string of the molecule is CCN(C(=O)c1ccc(C(C)(C)C)cc1)C1CCNCC1. The van der Waals surface area contributed by atoms with Crippen molar-refractivity contribution in [2.24, 2.45) is 0 Å². The summed E-state index contributed by atoms with van der Waals surface area (Å²) in [7, 11) is 0. The molecule has 3 heteroatoms. The van der Waals surface area contributed by atoms with Gasteiger partial charge in [0.1, 0.15) is 0 Å². The van der Waals surface area contributed by atoms with Crippen molar-refractivity contribution < 1.29 is 4.79 Å². The Morgan fingerprint density at radius 2 is 1.76 bits per heavy atom. The van der Waals surface area contributed by atoms with Gasteiger partial charge in [0, 0.05) is 18.2 Å². The van der Waals surface area contributed by atoms with Gasteiger partial charge in [0.25, 0.3) is 5.91 Å². The van der Waals surface area contributed by atoms with E-state index in [2.05, 4.69) is 45.1 Å². The van der Waals surface area contributed by atoms with Gasteiger partial charge in [-0.05, 0) is 56.0 Å². The molecule has 1 saturated heterocycles. The molecule has 1 heterocycles. The fourth-order valence-electron chi connectivity index (χ4n) is 2.96. The molecule has 1 aliphatic rings. The number of carbonyl (C=O) groups is 1. The van der Waals surface area contributed by atoms with Crippen molar-refractivity contribution in [1.82, 2.24) is 10.2 Å². The molecule has 1 aromatic carbocycles. The number of amides is 1. The van der Waals surface area contributed by atoms with Gasteiger partial charge in [0.05, 0.1) is 0 Å². The zero-order chi connectivity index (χ0) is 15.5. The second-order valence-electron chi connectivity index (χ2n) is 6.90. The third-order valence-corrected chi connectivity index (χ3v) is 4.35. The number of carbonyl (C=O) groups excluding carboxylic acids is 1. The first-order chi connectivity index (χ1) is 9.93. The lowest BCUT2D eigenvalue weighted by atomic mass is 9.86. The molecule has 0 spiro atoms. The summed E-state index contributed by atoms with van der Waals surface area (Å²) in [6.45, 7) is 11.5. The van der Waals surface area contributed by atoms with E-state index in [0.717, 1.165) is 38.0 Å². The molecular weight excluding hydrogens is 260 g/mol. The van der Waals surface area contributed by atoms with Crippen LogP contribution in [0.1, 0.15) is 56.5 Å². The van der Waals surface area contributed by atoms with Crippen LogP contribution < -0.4 is 5.32 Å². The fourth-order valence-corrected chi connectivity index (χ4v) is 2.96. The molecule has 2 rings (SSSR count). The smallest absolute Gasteiger partial charge is 0.254 e. The third kappa shape index (κ3) is 3.85. The highest BCUT2D eigenvalue weighted by Gasteiger charge is 2.25. The number of piperidine rings is 1. The second kappa shape index (κ2) is 6.61. The molecule has 3 nitrogen and oxygen atoms in total. The summed E-state index contributed by atoms with van der Waals surface area (Å²) in [5.41, 5.74) is 2.20. The fraction of sp³-hybridized carbons (Fsp3) is 0.611. The summed E-state index contributed by atoms with van der Waals surface area (Å²) in [4.78, 5) is 14.8. The van der Waals surface area contributed by atoms with Crippen molar-refractivity contribution in [3.8, 4) is 0 Å². The summed E-state index contributed by atoms with van der Waals surface area (Å²) in [6, 6.07) is 8.51. The minimum Gasteiger partial charge on any atom is -0.336 e. The van der Waals surface area contributed by atoms with Crippen LogP contribution in [0.4, 0.5) is 0 Å². The van der Waals surface area contributed by atoms with Gasteiger partial charge < -0.3 is 10.2 Å². The second-order valence-corrected chi connectivity index (χ2v) is 6.90. The van der Waals surface area contributed by atoms with Crippen LogP contribution in [0, 0.1) is 0 Å². The van der Waals surface area contributed by atoms with E-state index in [1.807, 2.05) is 17.0 Å². The van der Waals surface area contributed by atoms with Crippen molar-refractivity contribution in [3.05, 3.63) is 35.4 Å². The lowest BCUT2D eigenvalue weighted by Crippen LogP contribution is -2.46. The Morgan fingerprint density at radius 1 is 1.19 bits per heavy atom. The van der Waals surface area contributed by atoms with E-state index in [-0.39, 0.29) is 11.3 Å². The molecule has 1 aliphatic heterocycles. The van der Waals surface area contributed by atoms with Crippen LogP contribution in [0.15, 0.2) is 24.3 Å². The van der Waals surface area contributed by atoms with E-state index in [1.54, 1.807) is 0 Å². The van der Waals surface area contributed by atoms with E-state index < -0.39 is 0 Å². The zero-order valence-corrected chi connectivity index (χ0v) is 13.8. The molecule has 0 radical (unpaired) electrons. The van der Waals surface area contributed by atoms with Gasteiger partial charge in [-0.25, -0.2) is 0 Å². The van der Waals surface area contributed by atoms with Crippen LogP contribution in [0.2, 0.25) is 0 Å². The van der Waals surface area contributed by atoms with Crippen molar-refractivity contribution >= 4 is 5.91 Å². The highest BCUT2D eigenvalue weighted by atomic mass is 16.2. The normalized spacial score (nSPS) is 16.8. The maximum atomic E-state index is 12.7. The molecule has 0 unspecified atom stereocenters. The van der Waals surface area contributed by atoms with Crippen LogP contribution in [-0.2, 0) is 5.41 Å². The van der Waals surface area contributed by atoms with Gasteiger partial charge in [-0.3, -0.25) is 4.79 Å². The van der Waals surface area contributed by atoms with Crippen LogP contribution in [0.25, 0.3) is 0 Å². The van der Waals surface area contributed by atoms with E-state index in [0.29, 0.717) is 6.04 Å².